The third-order valence-corrected chi connectivity index (χ3v) is 6.36. The molecule has 0 radical (unpaired) electrons. The highest BCUT2D eigenvalue weighted by Crippen LogP contribution is 2.38. The van der Waals surface area contributed by atoms with Gasteiger partial charge in [0.2, 0.25) is 5.91 Å². The van der Waals surface area contributed by atoms with Gasteiger partial charge < -0.3 is 19.2 Å². The van der Waals surface area contributed by atoms with Gasteiger partial charge >= 0.3 is 0 Å². The van der Waals surface area contributed by atoms with Gasteiger partial charge in [0.1, 0.15) is 19.3 Å². The van der Waals surface area contributed by atoms with Crippen LogP contribution in [0.15, 0.2) is 65.3 Å². The summed E-state index contributed by atoms with van der Waals surface area (Å²) < 4.78 is 16.9. The summed E-state index contributed by atoms with van der Waals surface area (Å²) in [5.41, 5.74) is 2.32. The number of carbonyl (C=O) groups is 2. The largest absolute Gasteiger partial charge is 0.486 e. The van der Waals surface area contributed by atoms with Gasteiger partial charge in [-0.25, -0.2) is 0 Å². The summed E-state index contributed by atoms with van der Waals surface area (Å²) in [6, 6.07) is 15.5. The Morgan fingerprint density at radius 1 is 0.971 bits per heavy atom. The van der Waals surface area contributed by atoms with Gasteiger partial charge in [-0.3, -0.25) is 14.5 Å². The van der Waals surface area contributed by atoms with Crippen LogP contribution in [0.3, 0.4) is 0 Å². The molecule has 7 heteroatoms. The second-order valence-corrected chi connectivity index (χ2v) is 8.78. The zero-order valence-electron chi connectivity index (χ0n) is 19.2. The molecule has 2 aliphatic rings. The second-order valence-electron chi connectivity index (χ2n) is 8.78. The van der Waals surface area contributed by atoms with Crippen molar-refractivity contribution in [1.29, 1.82) is 0 Å². The standard InChI is InChI=1S/C27H28N2O5/c1-18-8-10-19(11-9-18)25(26(30)28-20-5-2-3-6-20)29(27(31)23-7-4-14-32-23)21-12-13-22-24(17-21)34-16-15-33-22/h4,7-14,17,20,25H,2-3,5-6,15-16H2,1H3,(H,28,30)/t25-/m0/s1. The number of amides is 2. The minimum absolute atomic E-state index is 0.112. The van der Waals surface area contributed by atoms with Crippen molar-refractivity contribution in [1.82, 2.24) is 5.32 Å². The Balaban J connectivity index is 1.60. The maximum absolute atomic E-state index is 13.8. The number of hydrogen-bond acceptors (Lipinski definition) is 5. The van der Waals surface area contributed by atoms with Crippen LogP contribution in [0.5, 0.6) is 11.5 Å². The number of rotatable bonds is 6. The van der Waals surface area contributed by atoms with Crippen molar-refractivity contribution in [2.24, 2.45) is 0 Å². The molecule has 5 rings (SSSR count). The van der Waals surface area contributed by atoms with E-state index in [9.17, 15) is 9.59 Å². The summed E-state index contributed by atoms with van der Waals surface area (Å²) in [6.07, 6.45) is 5.54. The van der Waals surface area contributed by atoms with Gasteiger partial charge in [-0.05, 0) is 49.6 Å². The zero-order valence-corrected chi connectivity index (χ0v) is 19.2. The van der Waals surface area contributed by atoms with E-state index in [0.29, 0.717) is 30.4 Å². The molecule has 1 N–H and O–H groups in total. The first-order chi connectivity index (χ1) is 16.6. The minimum Gasteiger partial charge on any atom is -0.486 e. The first kappa shape index (κ1) is 22.1. The molecule has 3 aromatic rings. The summed E-state index contributed by atoms with van der Waals surface area (Å²) in [7, 11) is 0. The average molecular weight is 461 g/mol. The number of nitrogens with zero attached hydrogens (tertiary/aromatic N) is 1. The lowest BCUT2D eigenvalue weighted by molar-refractivity contribution is -0.123. The van der Waals surface area contributed by atoms with E-state index in [0.717, 1.165) is 36.8 Å². The smallest absolute Gasteiger partial charge is 0.294 e. The van der Waals surface area contributed by atoms with Gasteiger partial charge in [-0.2, -0.15) is 0 Å². The van der Waals surface area contributed by atoms with E-state index in [-0.39, 0.29) is 17.7 Å². The Kier molecular flexibility index (Phi) is 6.25. The van der Waals surface area contributed by atoms with Crippen LogP contribution in [0.4, 0.5) is 5.69 Å². The SMILES string of the molecule is Cc1ccc([C@@H](C(=O)NC2CCCC2)N(C(=O)c2ccco2)c2ccc3c(c2)OCCO3)cc1. The number of benzene rings is 2. The predicted octanol–water partition coefficient (Wildman–Crippen LogP) is 4.81. The fraction of sp³-hybridized carbons (Fsp3) is 0.333. The summed E-state index contributed by atoms with van der Waals surface area (Å²) in [5.74, 6) is 0.683. The number of ether oxygens (including phenoxy) is 2. The van der Waals surface area contributed by atoms with E-state index in [4.69, 9.17) is 13.9 Å². The molecule has 2 aromatic carbocycles. The van der Waals surface area contributed by atoms with Gasteiger partial charge in [-0.1, -0.05) is 42.7 Å². The molecule has 1 aliphatic carbocycles. The molecule has 34 heavy (non-hydrogen) atoms. The number of furan rings is 1. The van der Waals surface area contributed by atoms with E-state index in [2.05, 4.69) is 5.32 Å². The summed E-state index contributed by atoms with van der Waals surface area (Å²) >= 11 is 0. The first-order valence-corrected chi connectivity index (χ1v) is 11.7. The Hall–Kier alpha value is -3.74. The van der Waals surface area contributed by atoms with Crippen molar-refractivity contribution >= 4 is 17.5 Å². The van der Waals surface area contributed by atoms with Crippen molar-refractivity contribution in [3.8, 4) is 11.5 Å². The molecule has 1 fully saturated rings. The highest BCUT2D eigenvalue weighted by molar-refractivity contribution is 6.08. The molecule has 7 nitrogen and oxygen atoms in total. The van der Waals surface area contributed by atoms with E-state index in [1.807, 2.05) is 31.2 Å². The van der Waals surface area contributed by atoms with Crippen LogP contribution in [0.2, 0.25) is 0 Å². The average Bonchev–Trinajstić information content (AvgIpc) is 3.57. The van der Waals surface area contributed by atoms with Crippen LogP contribution in [0.1, 0.15) is 53.4 Å². The van der Waals surface area contributed by atoms with Crippen LogP contribution in [0, 0.1) is 6.92 Å². The van der Waals surface area contributed by atoms with Gasteiger partial charge in [0.05, 0.1) is 6.26 Å². The third kappa shape index (κ3) is 4.51. The van der Waals surface area contributed by atoms with Crippen molar-refractivity contribution in [3.63, 3.8) is 0 Å². The number of carbonyl (C=O) groups excluding carboxylic acids is 2. The topological polar surface area (TPSA) is 81.0 Å². The summed E-state index contributed by atoms with van der Waals surface area (Å²) in [6.45, 7) is 2.88. The molecule has 2 amide bonds. The Morgan fingerprint density at radius 2 is 1.71 bits per heavy atom. The maximum Gasteiger partial charge on any atom is 0.294 e. The highest BCUT2D eigenvalue weighted by atomic mass is 16.6. The first-order valence-electron chi connectivity index (χ1n) is 11.7. The lowest BCUT2D eigenvalue weighted by atomic mass is 10.0. The highest BCUT2D eigenvalue weighted by Gasteiger charge is 2.36. The fourth-order valence-corrected chi connectivity index (χ4v) is 4.60. The van der Waals surface area contributed by atoms with E-state index in [1.54, 1.807) is 30.3 Å². The monoisotopic (exact) mass is 460 g/mol. The number of nitrogens with one attached hydrogen (secondary N) is 1. The number of anilines is 1. The van der Waals surface area contributed by atoms with Crippen LogP contribution in [-0.4, -0.2) is 31.1 Å². The Morgan fingerprint density at radius 3 is 2.41 bits per heavy atom. The molecule has 176 valence electrons. The minimum atomic E-state index is -0.888. The van der Waals surface area contributed by atoms with Crippen LogP contribution in [0.25, 0.3) is 0 Å². The van der Waals surface area contributed by atoms with Gasteiger partial charge in [-0.15, -0.1) is 0 Å². The Labute approximate surface area is 198 Å². The molecule has 1 aromatic heterocycles. The molecule has 0 bridgehead atoms. The predicted molar refractivity (Wildman–Crippen MR) is 127 cm³/mol. The Bertz CT molecular complexity index is 1150. The van der Waals surface area contributed by atoms with Crippen LogP contribution < -0.4 is 19.7 Å². The van der Waals surface area contributed by atoms with E-state index in [1.165, 1.54) is 11.2 Å². The van der Waals surface area contributed by atoms with Crippen molar-refractivity contribution in [2.75, 3.05) is 18.1 Å². The summed E-state index contributed by atoms with van der Waals surface area (Å²) in [4.78, 5) is 29.0. The number of aryl methyl sites for hydroxylation is 1. The zero-order chi connectivity index (χ0) is 23.5. The molecule has 1 saturated carbocycles. The quantitative estimate of drug-likeness (QED) is 0.571. The van der Waals surface area contributed by atoms with Gasteiger partial charge in [0, 0.05) is 17.8 Å². The van der Waals surface area contributed by atoms with Crippen molar-refractivity contribution in [3.05, 3.63) is 77.7 Å². The summed E-state index contributed by atoms with van der Waals surface area (Å²) in [5, 5.41) is 3.19. The number of hydrogen-bond donors (Lipinski definition) is 1. The molecule has 0 unspecified atom stereocenters. The number of fused-ring (bicyclic) bond motifs is 1. The third-order valence-electron chi connectivity index (χ3n) is 6.36. The maximum atomic E-state index is 13.8. The van der Waals surface area contributed by atoms with Crippen molar-refractivity contribution < 1.29 is 23.5 Å². The van der Waals surface area contributed by atoms with Crippen molar-refractivity contribution in [2.45, 2.75) is 44.7 Å². The van der Waals surface area contributed by atoms with E-state index >= 15 is 0 Å². The molecular formula is C27H28N2O5. The molecule has 1 atom stereocenters. The van der Waals surface area contributed by atoms with Gasteiger partial charge in [0.15, 0.2) is 17.3 Å². The molecule has 0 saturated heterocycles. The second kappa shape index (κ2) is 9.63. The lowest BCUT2D eigenvalue weighted by Gasteiger charge is -2.32. The van der Waals surface area contributed by atoms with Gasteiger partial charge in [0.25, 0.3) is 5.91 Å². The molecule has 2 heterocycles. The lowest BCUT2D eigenvalue weighted by Crippen LogP contribution is -2.46. The molecular weight excluding hydrogens is 432 g/mol. The normalized spacial score (nSPS) is 16.1. The van der Waals surface area contributed by atoms with Crippen LogP contribution >= 0.6 is 0 Å². The molecule has 0 spiro atoms. The van der Waals surface area contributed by atoms with Crippen LogP contribution in [-0.2, 0) is 4.79 Å². The molecule has 1 aliphatic heterocycles. The fourth-order valence-electron chi connectivity index (χ4n) is 4.60. The van der Waals surface area contributed by atoms with E-state index < -0.39 is 11.9 Å².